The molecule has 66 valence electrons. The van der Waals surface area contributed by atoms with Crippen molar-refractivity contribution in [1.82, 2.24) is 20.4 Å². The summed E-state index contributed by atoms with van der Waals surface area (Å²) in [5.74, 6) is 0.298. The van der Waals surface area contributed by atoms with Gasteiger partial charge >= 0.3 is 0 Å². The highest BCUT2D eigenvalue weighted by molar-refractivity contribution is 5.79. The van der Waals surface area contributed by atoms with Gasteiger partial charge in [-0.2, -0.15) is 15.3 Å². The Morgan fingerprint density at radius 1 is 1.23 bits per heavy atom. The highest BCUT2D eigenvalue weighted by atomic mass is 15.2. The number of nitrogens with two attached hydrogens (primary N) is 2. The van der Waals surface area contributed by atoms with Gasteiger partial charge in [0.25, 0.3) is 0 Å². The largest absolute Gasteiger partial charge is 0.394 e. The van der Waals surface area contributed by atoms with E-state index >= 15 is 0 Å². The summed E-state index contributed by atoms with van der Waals surface area (Å²) in [6.45, 7) is 0. The fourth-order valence-corrected chi connectivity index (χ4v) is 1.02. The van der Waals surface area contributed by atoms with Crippen LogP contribution in [0.2, 0.25) is 0 Å². The van der Waals surface area contributed by atoms with Gasteiger partial charge in [0.15, 0.2) is 5.82 Å². The van der Waals surface area contributed by atoms with Crippen LogP contribution in [-0.4, -0.2) is 20.4 Å². The summed E-state index contributed by atoms with van der Waals surface area (Å²) in [4.78, 5) is 0. The number of nitrogens with one attached hydrogen (secondary N) is 1. The summed E-state index contributed by atoms with van der Waals surface area (Å²) < 4.78 is 0. The Balaban J connectivity index is 2.53. The van der Waals surface area contributed by atoms with Gasteiger partial charge in [-0.15, -0.1) is 0 Å². The first-order valence-electron chi connectivity index (χ1n) is 3.65. The molecule has 0 saturated heterocycles. The minimum absolute atomic E-state index is 0.298. The predicted octanol–water partition coefficient (Wildman–Crippen LogP) is 0.0311. The lowest BCUT2D eigenvalue weighted by Gasteiger charge is -1.96. The summed E-state index contributed by atoms with van der Waals surface area (Å²) in [5, 5.41) is 13.9. The van der Waals surface area contributed by atoms with Gasteiger partial charge in [-0.05, 0) is 6.07 Å². The van der Waals surface area contributed by atoms with Crippen LogP contribution in [0.15, 0.2) is 18.5 Å². The van der Waals surface area contributed by atoms with Crippen molar-refractivity contribution >= 4 is 11.5 Å². The van der Waals surface area contributed by atoms with Gasteiger partial charge in [-0.25, -0.2) is 0 Å². The molecule has 2 aromatic rings. The molecule has 0 fully saturated rings. The van der Waals surface area contributed by atoms with Crippen LogP contribution in [0.1, 0.15) is 0 Å². The van der Waals surface area contributed by atoms with Crippen LogP contribution >= 0.6 is 0 Å². The molecule has 0 unspecified atom stereocenters. The van der Waals surface area contributed by atoms with Gasteiger partial charge < -0.3 is 11.5 Å². The Labute approximate surface area is 74.0 Å². The molecular formula is C7H8N6. The molecule has 6 nitrogen and oxygen atoms in total. The maximum Gasteiger partial charge on any atom is 0.169 e. The molecule has 5 N–H and O–H groups in total. The quantitative estimate of drug-likeness (QED) is 0.568. The van der Waals surface area contributed by atoms with Crippen LogP contribution in [0.5, 0.6) is 0 Å². The van der Waals surface area contributed by atoms with Crippen molar-refractivity contribution in [2.75, 3.05) is 11.5 Å². The molecule has 0 atom stereocenters. The summed E-state index contributed by atoms with van der Waals surface area (Å²) in [6.07, 6.45) is 3.16. The van der Waals surface area contributed by atoms with E-state index in [2.05, 4.69) is 20.4 Å². The van der Waals surface area contributed by atoms with Crippen molar-refractivity contribution in [2.45, 2.75) is 0 Å². The molecule has 0 saturated carbocycles. The van der Waals surface area contributed by atoms with E-state index in [1.807, 2.05) is 0 Å². The lowest BCUT2D eigenvalue weighted by molar-refractivity contribution is 1.03. The second-order valence-corrected chi connectivity index (χ2v) is 2.53. The van der Waals surface area contributed by atoms with Gasteiger partial charge in [0.2, 0.25) is 0 Å². The molecular weight excluding hydrogens is 168 g/mol. The Morgan fingerprint density at radius 2 is 2.08 bits per heavy atom. The highest BCUT2D eigenvalue weighted by Crippen LogP contribution is 2.25. The first kappa shape index (κ1) is 7.53. The average Bonchev–Trinajstić information content (AvgIpc) is 2.49. The van der Waals surface area contributed by atoms with E-state index in [9.17, 15) is 0 Å². The zero-order chi connectivity index (χ0) is 9.26. The van der Waals surface area contributed by atoms with Gasteiger partial charge in [-0.1, -0.05) is 0 Å². The topological polar surface area (TPSA) is 106 Å². The second kappa shape index (κ2) is 2.74. The Bertz CT molecular complexity index is 406. The number of nitrogens with zero attached hydrogens (tertiary/aromatic N) is 3. The number of H-pyrrole nitrogens is 1. The van der Waals surface area contributed by atoms with Crippen LogP contribution in [0.25, 0.3) is 11.3 Å². The monoisotopic (exact) mass is 176 g/mol. The van der Waals surface area contributed by atoms with Crippen molar-refractivity contribution in [3.8, 4) is 11.3 Å². The van der Waals surface area contributed by atoms with E-state index in [1.165, 1.54) is 0 Å². The van der Waals surface area contributed by atoms with E-state index < -0.39 is 0 Å². The Hall–Kier alpha value is -2.11. The van der Waals surface area contributed by atoms with Crippen molar-refractivity contribution in [3.05, 3.63) is 18.5 Å². The van der Waals surface area contributed by atoms with Crippen molar-refractivity contribution in [3.63, 3.8) is 0 Å². The van der Waals surface area contributed by atoms with Gasteiger partial charge in [0.1, 0.15) is 5.69 Å². The SMILES string of the molecule is Nc1n[nH]c(-c2ccnnc2)c1N. The van der Waals surface area contributed by atoms with Crippen molar-refractivity contribution in [2.24, 2.45) is 0 Å². The minimum Gasteiger partial charge on any atom is -0.394 e. The molecule has 13 heavy (non-hydrogen) atoms. The van der Waals surface area contributed by atoms with Gasteiger partial charge in [0.05, 0.1) is 18.1 Å². The molecule has 0 aliphatic heterocycles. The fraction of sp³-hybridized carbons (Fsp3) is 0. The smallest absolute Gasteiger partial charge is 0.169 e. The van der Waals surface area contributed by atoms with Crippen LogP contribution in [-0.2, 0) is 0 Å². The first-order valence-corrected chi connectivity index (χ1v) is 3.65. The van der Waals surface area contributed by atoms with Crippen molar-refractivity contribution < 1.29 is 0 Å². The molecule has 2 aromatic heterocycles. The van der Waals surface area contributed by atoms with Crippen molar-refractivity contribution in [1.29, 1.82) is 0 Å². The van der Waals surface area contributed by atoms with E-state index in [0.717, 1.165) is 5.56 Å². The molecule has 0 aliphatic rings. The predicted molar refractivity (Wildman–Crippen MR) is 48.4 cm³/mol. The minimum atomic E-state index is 0.298. The lowest BCUT2D eigenvalue weighted by Crippen LogP contribution is -1.92. The Kier molecular flexibility index (Phi) is 1.59. The third kappa shape index (κ3) is 1.18. The standard InChI is InChI=1S/C7H8N6/c8-5-6(12-13-7(5)9)4-1-2-10-11-3-4/h1-3H,8H2,(H3,9,12,13). The van der Waals surface area contributed by atoms with E-state index in [-0.39, 0.29) is 0 Å². The summed E-state index contributed by atoms with van der Waals surface area (Å²) in [5.41, 5.74) is 13.1. The van der Waals surface area contributed by atoms with Crippen LogP contribution in [0, 0.1) is 0 Å². The summed E-state index contributed by atoms with van der Waals surface area (Å²) >= 11 is 0. The Morgan fingerprint density at radius 3 is 2.62 bits per heavy atom. The fourth-order valence-electron chi connectivity index (χ4n) is 1.02. The number of nitrogen functional groups attached to an aromatic ring is 2. The third-order valence-corrected chi connectivity index (χ3v) is 1.71. The average molecular weight is 176 g/mol. The first-order chi connectivity index (χ1) is 6.29. The zero-order valence-corrected chi connectivity index (χ0v) is 6.73. The van der Waals surface area contributed by atoms with E-state index in [4.69, 9.17) is 11.5 Å². The maximum atomic E-state index is 5.67. The molecule has 0 aliphatic carbocycles. The van der Waals surface area contributed by atoms with Gasteiger partial charge in [0, 0.05) is 5.56 Å². The molecule has 0 spiro atoms. The number of hydrogen-bond acceptors (Lipinski definition) is 5. The maximum absolute atomic E-state index is 5.67. The lowest BCUT2D eigenvalue weighted by atomic mass is 10.2. The van der Waals surface area contributed by atoms with Gasteiger partial charge in [-0.3, -0.25) is 5.10 Å². The number of anilines is 2. The molecule has 6 heteroatoms. The number of rotatable bonds is 1. The second-order valence-electron chi connectivity index (χ2n) is 2.53. The number of hydrogen-bond donors (Lipinski definition) is 3. The summed E-state index contributed by atoms with van der Waals surface area (Å²) in [7, 11) is 0. The molecule has 2 heterocycles. The van der Waals surface area contributed by atoms with Crippen LogP contribution in [0.4, 0.5) is 11.5 Å². The summed E-state index contributed by atoms with van der Waals surface area (Å²) in [6, 6.07) is 1.77. The molecule has 0 radical (unpaired) electrons. The zero-order valence-electron chi connectivity index (χ0n) is 6.73. The normalized spacial score (nSPS) is 10.2. The third-order valence-electron chi connectivity index (χ3n) is 1.71. The number of aromatic amines is 1. The van der Waals surface area contributed by atoms with E-state index in [1.54, 1.807) is 18.5 Å². The molecule has 0 bridgehead atoms. The van der Waals surface area contributed by atoms with Crippen LogP contribution < -0.4 is 11.5 Å². The highest BCUT2D eigenvalue weighted by Gasteiger charge is 2.08. The van der Waals surface area contributed by atoms with E-state index in [0.29, 0.717) is 17.2 Å². The molecule has 2 rings (SSSR count). The molecule has 0 aromatic carbocycles. The van der Waals surface area contributed by atoms with Crippen LogP contribution in [0.3, 0.4) is 0 Å². The molecule has 0 amide bonds. The number of aromatic nitrogens is 4.